The Labute approximate surface area is 207 Å². The average molecular weight is 488 g/mol. The summed E-state index contributed by atoms with van der Waals surface area (Å²) in [5.41, 5.74) is 0.861. The van der Waals surface area contributed by atoms with Crippen molar-refractivity contribution in [2.45, 2.75) is 18.9 Å². The molecule has 2 aromatic carbocycles. The number of nitro groups is 1. The molecule has 36 heavy (non-hydrogen) atoms. The maximum absolute atomic E-state index is 13.7. The van der Waals surface area contributed by atoms with Gasteiger partial charge in [-0.3, -0.25) is 29.4 Å². The number of non-ortho nitro benzene ring substituents is 1. The van der Waals surface area contributed by atoms with Gasteiger partial charge in [0.05, 0.1) is 35.6 Å². The standard InChI is InChI=1S/C27H25N3O6/c1-36-22-12-15(30(34)35)7-10-20(22)28-25(31)21(11-14-5-3-2-4-6-14)29-26(32)23-16-8-9-17(19-13-18(16)19)24(23)27(29)33/h2-10,12,16-19,21,23-24H,11,13H2,1H3,(H,28,31)/t16-,17-,18-,19-,21-,23+,24+/m0/s1. The van der Waals surface area contributed by atoms with Crippen molar-refractivity contribution >= 4 is 29.1 Å². The molecule has 0 radical (unpaired) electrons. The molecule has 184 valence electrons. The number of allylic oxidation sites excluding steroid dienone is 2. The molecule has 0 spiro atoms. The third kappa shape index (κ3) is 3.41. The van der Waals surface area contributed by atoms with Crippen LogP contribution in [0.15, 0.2) is 60.7 Å². The largest absolute Gasteiger partial charge is 0.494 e. The van der Waals surface area contributed by atoms with E-state index in [4.69, 9.17) is 4.74 Å². The zero-order chi connectivity index (χ0) is 25.1. The van der Waals surface area contributed by atoms with E-state index in [0.29, 0.717) is 11.8 Å². The molecule has 4 aliphatic carbocycles. The van der Waals surface area contributed by atoms with Gasteiger partial charge in [-0.2, -0.15) is 0 Å². The van der Waals surface area contributed by atoms with Crippen LogP contribution in [0.1, 0.15) is 12.0 Å². The van der Waals surface area contributed by atoms with E-state index in [1.54, 1.807) is 0 Å². The van der Waals surface area contributed by atoms with Crippen molar-refractivity contribution in [2.24, 2.45) is 35.5 Å². The minimum Gasteiger partial charge on any atom is -0.494 e. The highest BCUT2D eigenvalue weighted by Crippen LogP contribution is 2.65. The number of carbonyl (C=O) groups excluding carboxylic acids is 3. The molecule has 9 nitrogen and oxygen atoms in total. The number of hydrogen-bond acceptors (Lipinski definition) is 6. The van der Waals surface area contributed by atoms with Gasteiger partial charge in [0.15, 0.2) is 0 Å². The Bertz CT molecular complexity index is 1270. The van der Waals surface area contributed by atoms with E-state index >= 15 is 0 Å². The molecule has 0 aromatic heterocycles. The smallest absolute Gasteiger partial charge is 0.273 e. The second kappa shape index (κ2) is 8.29. The Morgan fingerprint density at radius 2 is 1.72 bits per heavy atom. The van der Waals surface area contributed by atoms with Crippen LogP contribution in [0.2, 0.25) is 0 Å². The first-order valence-electron chi connectivity index (χ1n) is 12.1. The van der Waals surface area contributed by atoms with Crippen molar-refractivity contribution in [3.05, 3.63) is 76.4 Å². The van der Waals surface area contributed by atoms with Crippen molar-refractivity contribution in [2.75, 3.05) is 12.4 Å². The average Bonchev–Trinajstić information content (AvgIpc) is 3.67. The maximum Gasteiger partial charge on any atom is 0.273 e. The van der Waals surface area contributed by atoms with Gasteiger partial charge in [-0.1, -0.05) is 42.5 Å². The van der Waals surface area contributed by atoms with E-state index in [9.17, 15) is 24.5 Å². The van der Waals surface area contributed by atoms with E-state index in [2.05, 4.69) is 17.5 Å². The molecule has 2 bridgehead atoms. The van der Waals surface area contributed by atoms with Crippen LogP contribution in [-0.4, -0.2) is 40.7 Å². The molecule has 2 aromatic rings. The Balaban J connectivity index is 1.33. The summed E-state index contributed by atoms with van der Waals surface area (Å²) >= 11 is 0. The number of anilines is 1. The van der Waals surface area contributed by atoms with Gasteiger partial charge in [0.2, 0.25) is 17.7 Å². The highest BCUT2D eigenvalue weighted by Gasteiger charge is 2.67. The van der Waals surface area contributed by atoms with Gasteiger partial charge in [0.1, 0.15) is 11.8 Å². The van der Waals surface area contributed by atoms with Crippen molar-refractivity contribution < 1.29 is 24.0 Å². The number of nitrogens with zero attached hydrogens (tertiary/aromatic N) is 2. The summed E-state index contributed by atoms with van der Waals surface area (Å²) in [5, 5.41) is 13.9. The molecule has 3 fully saturated rings. The summed E-state index contributed by atoms with van der Waals surface area (Å²) in [5.74, 6) is -0.756. The molecule has 1 N–H and O–H groups in total. The fourth-order valence-electron chi connectivity index (χ4n) is 6.54. The van der Waals surface area contributed by atoms with Gasteiger partial charge < -0.3 is 10.1 Å². The highest BCUT2D eigenvalue weighted by atomic mass is 16.6. The summed E-state index contributed by atoms with van der Waals surface area (Å²) in [6.07, 6.45) is 5.42. The molecule has 1 heterocycles. The minimum atomic E-state index is -1.06. The van der Waals surface area contributed by atoms with Crippen molar-refractivity contribution in [3.8, 4) is 5.75 Å². The van der Waals surface area contributed by atoms with Crippen molar-refractivity contribution in [1.82, 2.24) is 4.90 Å². The molecule has 2 saturated carbocycles. The number of nitrogens with one attached hydrogen (secondary N) is 1. The summed E-state index contributed by atoms with van der Waals surface area (Å²) in [6.45, 7) is 0. The number of ether oxygens (including phenoxy) is 1. The van der Waals surface area contributed by atoms with E-state index in [1.165, 1.54) is 30.2 Å². The van der Waals surface area contributed by atoms with Gasteiger partial charge >= 0.3 is 0 Å². The lowest BCUT2D eigenvalue weighted by molar-refractivity contribution is -0.384. The second-order valence-corrected chi connectivity index (χ2v) is 10.0. The molecule has 1 saturated heterocycles. The van der Waals surface area contributed by atoms with E-state index < -0.39 is 28.7 Å². The zero-order valence-corrected chi connectivity index (χ0v) is 19.6. The predicted molar refractivity (Wildman–Crippen MR) is 129 cm³/mol. The zero-order valence-electron chi connectivity index (χ0n) is 19.6. The Kier molecular flexibility index (Phi) is 5.17. The monoisotopic (exact) mass is 487 g/mol. The second-order valence-electron chi connectivity index (χ2n) is 10.0. The fourth-order valence-corrected chi connectivity index (χ4v) is 6.54. The quantitative estimate of drug-likeness (QED) is 0.277. The number of rotatable bonds is 7. The summed E-state index contributed by atoms with van der Waals surface area (Å²) in [7, 11) is 1.35. The van der Waals surface area contributed by atoms with Gasteiger partial charge in [-0.15, -0.1) is 0 Å². The molecular formula is C27H25N3O6. The number of carbonyl (C=O) groups is 3. The molecule has 7 atom stereocenters. The highest BCUT2D eigenvalue weighted by molar-refractivity contribution is 6.11. The van der Waals surface area contributed by atoms with Gasteiger partial charge in [-0.05, 0) is 41.7 Å². The Morgan fingerprint density at radius 1 is 1.08 bits per heavy atom. The van der Waals surface area contributed by atoms with Crippen LogP contribution in [0.3, 0.4) is 0 Å². The number of hydrogen-bond donors (Lipinski definition) is 1. The molecule has 3 amide bonds. The Hall–Kier alpha value is -4.01. The lowest BCUT2D eigenvalue weighted by Gasteiger charge is -2.37. The molecule has 7 rings (SSSR count). The molecule has 5 aliphatic rings. The van der Waals surface area contributed by atoms with E-state index in [-0.39, 0.29) is 47.2 Å². The summed E-state index contributed by atoms with van der Waals surface area (Å²) < 4.78 is 5.26. The fraction of sp³-hybridized carbons (Fsp3) is 0.370. The third-order valence-electron chi connectivity index (χ3n) is 8.24. The van der Waals surface area contributed by atoms with Crippen molar-refractivity contribution in [3.63, 3.8) is 0 Å². The molecule has 9 heteroatoms. The van der Waals surface area contributed by atoms with Crippen LogP contribution in [0.5, 0.6) is 5.75 Å². The van der Waals surface area contributed by atoms with Gasteiger partial charge in [0, 0.05) is 12.5 Å². The lowest BCUT2D eigenvalue weighted by Crippen LogP contribution is -2.49. The molecule has 0 unspecified atom stereocenters. The first-order valence-corrected chi connectivity index (χ1v) is 12.1. The normalized spacial score (nSPS) is 30.0. The number of imide groups is 1. The van der Waals surface area contributed by atoms with Crippen LogP contribution < -0.4 is 10.1 Å². The molecule has 1 aliphatic heterocycles. The number of likely N-dealkylation sites (tertiary alicyclic amines) is 1. The summed E-state index contributed by atoms with van der Waals surface area (Å²) in [6, 6.07) is 12.1. The van der Waals surface area contributed by atoms with Crippen LogP contribution in [0.25, 0.3) is 0 Å². The number of amides is 3. The topological polar surface area (TPSA) is 119 Å². The number of nitro benzene ring substituents is 1. The Morgan fingerprint density at radius 3 is 2.31 bits per heavy atom. The third-order valence-corrected chi connectivity index (χ3v) is 8.24. The van der Waals surface area contributed by atoms with Crippen LogP contribution in [-0.2, 0) is 20.8 Å². The maximum atomic E-state index is 13.7. The van der Waals surface area contributed by atoms with Crippen molar-refractivity contribution in [1.29, 1.82) is 0 Å². The number of benzene rings is 2. The lowest BCUT2D eigenvalue weighted by atomic mass is 9.63. The van der Waals surface area contributed by atoms with Gasteiger partial charge in [-0.25, -0.2) is 0 Å². The van der Waals surface area contributed by atoms with Crippen LogP contribution in [0, 0.1) is 45.6 Å². The summed E-state index contributed by atoms with van der Waals surface area (Å²) in [4.78, 5) is 52.9. The van der Waals surface area contributed by atoms with E-state index in [1.807, 2.05) is 30.3 Å². The first-order chi connectivity index (χ1) is 17.4. The van der Waals surface area contributed by atoms with Gasteiger partial charge in [0.25, 0.3) is 5.69 Å². The van der Waals surface area contributed by atoms with E-state index in [0.717, 1.165) is 12.0 Å². The SMILES string of the molecule is COc1cc([N+](=O)[O-])ccc1NC(=O)[C@H](Cc1ccccc1)N1C(=O)[C@@H]2[C@H]3C=C[C@@H]([C@@H]4C[C@@H]34)[C@H]2C1=O. The predicted octanol–water partition coefficient (Wildman–Crippen LogP) is 3.21. The van der Waals surface area contributed by atoms with Crippen LogP contribution in [0.4, 0.5) is 11.4 Å². The van der Waals surface area contributed by atoms with Crippen LogP contribution >= 0.6 is 0 Å². The minimum absolute atomic E-state index is 0.0571. The number of methoxy groups -OCH3 is 1. The molecular weight excluding hydrogens is 462 g/mol. The first kappa shape index (κ1) is 22.5.